The standard InChI is InChI=1S/C24H30FN5O2/c1-16(31)29-13-11-21-20(15-29)24(26-2)28-23(27-21)18-10-12-30(14-18)22(32)5-3-4-17-6-8-19(25)9-7-17/h6-9,18H,3-5,10-15H2,1-2H3,(H,26,27,28). The van der Waals surface area contributed by atoms with Gasteiger partial charge in [0.1, 0.15) is 17.5 Å². The number of halogens is 1. The summed E-state index contributed by atoms with van der Waals surface area (Å²) in [7, 11) is 1.84. The Bertz CT molecular complexity index is 977. The lowest BCUT2D eigenvalue weighted by atomic mass is 10.0. The van der Waals surface area contributed by atoms with Gasteiger partial charge >= 0.3 is 0 Å². The van der Waals surface area contributed by atoms with Gasteiger partial charge in [-0.1, -0.05) is 12.1 Å². The van der Waals surface area contributed by atoms with Gasteiger partial charge in [-0.05, 0) is 37.0 Å². The number of benzene rings is 1. The maximum Gasteiger partial charge on any atom is 0.222 e. The predicted octanol–water partition coefficient (Wildman–Crippen LogP) is 2.90. The van der Waals surface area contributed by atoms with Crippen molar-refractivity contribution >= 4 is 17.6 Å². The van der Waals surface area contributed by atoms with Gasteiger partial charge in [0, 0.05) is 57.9 Å². The third-order valence-corrected chi connectivity index (χ3v) is 6.44. The Morgan fingerprint density at radius 2 is 1.94 bits per heavy atom. The van der Waals surface area contributed by atoms with Crippen molar-refractivity contribution in [3.63, 3.8) is 0 Å². The number of hydrogen-bond donors (Lipinski definition) is 1. The van der Waals surface area contributed by atoms with Crippen LogP contribution < -0.4 is 5.32 Å². The maximum atomic E-state index is 13.0. The third-order valence-electron chi connectivity index (χ3n) is 6.44. The van der Waals surface area contributed by atoms with E-state index in [1.165, 1.54) is 12.1 Å². The fourth-order valence-electron chi connectivity index (χ4n) is 4.54. The van der Waals surface area contributed by atoms with Crippen molar-refractivity contribution in [1.82, 2.24) is 19.8 Å². The third kappa shape index (κ3) is 4.89. The normalized spacial score (nSPS) is 17.9. The van der Waals surface area contributed by atoms with Crippen molar-refractivity contribution in [3.8, 4) is 0 Å². The number of likely N-dealkylation sites (tertiary alicyclic amines) is 1. The lowest BCUT2D eigenvalue weighted by Gasteiger charge is -2.29. The molecule has 1 aromatic carbocycles. The Morgan fingerprint density at radius 3 is 2.66 bits per heavy atom. The largest absolute Gasteiger partial charge is 0.373 e. The van der Waals surface area contributed by atoms with Gasteiger partial charge < -0.3 is 15.1 Å². The molecule has 1 atom stereocenters. The van der Waals surface area contributed by atoms with E-state index in [1.54, 1.807) is 19.1 Å². The van der Waals surface area contributed by atoms with E-state index in [4.69, 9.17) is 9.97 Å². The number of hydrogen-bond acceptors (Lipinski definition) is 5. The minimum Gasteiger partial charge on any atom is -0.373 e. The quantitative estimate of drug-likeness (QED) is 0.749. The average molecular weight is 440 g/mol. The van der Waals surface area contributed by atoms with E-state index in [1.807, 2.05) is 16.8 Å². The van der Waals surface area contributed by atoms with Gasteiger partial charge in [-0.25, -0.2) is 14.4 Å². The second-order valence-corrected chi connectivity index (χ2v) is 8.60. The molecule has 0 spiro atoms. The van der Waals surface area contributed by atoms with Crippen LogP contribution in [0.2, 0.25) is 0 Å². The first kappa shape index (κ1) is 22.2. The van der Waals surface area contributed by atoms with Gasteiger partial charge in [-0.3, -0.25) is 9.59 Å². The fourth-order valence-corrected chi connectivity index (χ4v) is 4.54. The molecule has 0 radical (unpaired) electrons. The number of amides is 2. The summed E-state index contributed by atoms with van der Waals surface area (Å²) in [6, 6.07) is 6.46. The highest BCUT2D eigenvalue weighted by atomic mass is 19.1. The molecular weight excluding hydrogens is 409 g/mol. The second-order valence-electron chi connectivity index (χ2n) is 8.60. The van der Waals surface area contributed by atoms with E-state index in [2.05, 4.69) is 5.32 Å². The number of aryl methyl sites for hydroxylation is 1. The molecule has 1 unspecified atom stereocenters. The molecular formula is C24H30FN5O2. The summed E-state index contributed by atoms with van der Waals surface area (Å²) in [5, 5.41) is 3.17. The van der Waals surface area contributed by atoms with E-state index in [-0.39, 0.29) is 23.5 Å². The number of nitrogens with one attached hydrogen (secondary N) is 1. The molecule has 2 aromatic rings. The minimum absolute atomic E-state index is 0.0613. The minimum atomic E-state index is -0.241. The highest BCUT2D eigenvalue weighted by Crippen LogP contribution is 2.30. The summed E-state index contributed by atoms with van der Waals surface area (Å²) >= 11 is 0. The number of carbonyl (C=O) groups excluding carboxylic acids is 2. The van der Waals surface area contributed by atoms with Crippen molar-refractivity contribution in [2.75, 3.05) is 32.0 Å². The summed E-state index contributed by atoms with van der Waals surface area (Å²) < 4.78 is 13.0. The van der Waals surface area contributed by atoms with E-state index in [0.717, 1.165) is 54.1 Å². The predicted molar refractivity (Wildman–Crippen MR) is 120 cm³/mol. The Balaban J connectivity index is 1.36. The number of nitrogens with zero attached hydrogens (tertiary/aromatic N) is 4. The first-order valence-corrected chi connectivity index (χ1v) is 11.3. The van der Waals surface area contributed by atoms with Crippen LogP contribution in [0.1, 0.15) is 54.7 Å². The summed E-state index contributed by atoms with van der Waals surface area (Å²) in [4.78, 5) is 37.8. The van der Waals surface area contributed by atoms with Crippen molar-refractivity contribution in [2.24, 2.45) is 0 Å². The van der Waals surface area contributed by atoms with Crippen molar-refractivity contribution < 1.29 is 14.0 Å². The van der Waals surface area contributed by atoms with Crippen LogP contribution in [-0.4, -0.2) is 58.3 Å². The summed E-state index contributed by atoms with van der Waals surface area (Å²) in [6.07, 6.45) is 3.57. The summed E-state index contributed by atoms with van der Waals surface area (Å²) in [6.45, 7) is 4.14. The van der Waals surface area contributed by atoms with Crippen molar-refractivity contribution in [2.45, 2.75) is 51.5 Å². The monoisotopic (exact) mass is 439 g/mol. The van der Waals surface area contributed by atoms with E-state index in [9.17, 15) is 14.0 Å². The summed E-state index contributed by atoms with van der Waals surface area (Å²) in [5.74, 6) is 1.66. The van der Waals surface area contributed by atoms with Crippen LogP contribution >= 0.6 is 0 Å². The fraction of sp³-hybridized carbons (Fsp3) is 0.500. The van der Waals surface area contributed by atoms with Crippen LogP contribution in [0, 0.1) is 5.82 Å². The molecule has 8 heteroatoms. The first-order valence-electron chi connectivity index (χ1n) is 11.3. The number of fused-ring (bicyclic) bond motifs is 1. The number of aromatic nitrogens is 2. The molecule has 1 aromatic heterocycles. The van der Waals surface area contributed by atoms with Gasteiger partial charge in [0.2, 0.25) is 11.8 Å². The van der Waals surface area contributed by atoms with Crippen LogP contribution in [0.15, 0.2) is 24.3 Å². The highest BCUT2D eigenvalue weighted by molar-refractivity contribution is 5.76. The van der Waals surface area contributed by atoms with Crippen molar-refractivity contribution in [3.05, 3.63) is 52.7 Å². The second kappa shape index (κ2) is 9.63. The molecule has 170 valence electrons. The van der Waals surface area contributed by atoms with Crippen LogP contribution in [-0.2, 0) is 29.0 Å². The van der Waals surface area contributed by atoms with Crippen LogP contribution in [0.3, 0.4) is 0 Å². The van der Waals surface area contributed by atoms with E-state index >= 15 is 0 Å². The van der Waals surface area contributed by atoms with E-state index < -0.39 is 0 Å². The Kier molecular flexibility index (Phi) is 6.67. The highest BCUT2D eigenvalue weighted by Gasteiger charge is 2.31. The molecule has 0 aliphatic carbocycles. The first-order chi connectivity index (χ1) is 15.4. The average Bonchev–Trinajstić information content (AvgIpc) is 3.29. The van der Waals surface area contributed by atoms with Gasteiger partial charge in [0.25, 0.3) is 0 Å². The van der Waals surface area contributed by atoms with Crippen LogP contribution in [0.4, 0.5) is 10.2 Å². The number of anilines is 1. The zero-order valence-corrected chi connectivity index (χ0v) is 18.7. The topological polar surface area (TPSA) is 78.4 Å². The number of rotatable bonds is 6. The molecule has 1 fully saturated rings. The molecule has 3 heterocycles. The Labute approximate surface area is 188 Å². The zero-order valence-electron chi connectivity index (χ0n) is 18.7. The summed E-state index contributed by atoms with van der Waals surface area (Å²) in [5.41, 5.74) is 3.04. The van der Waals surface area contributed by atoms with Gasteiger partial charge in [-0.2, -0.15) is 0 Å². The van der Waals surface area contributed by atoms with Gasteiger partial charge in [0.05, 0.1) is 12.2 Å². The molecule has 4 rings (SSSR count). The molecule has 1 N–H and O–H groups in total. The maximum absolute atomic E-state index is 13.0. The smallest absolute Gasteiger partial charge is 0.222 e. The zero-order chi connectivity index (χ0) is 22.7. The Morgan fingerprint density at radius 1 is 1.16 bits per heavy atom. The number of carbonyl (C=O) groups is 2. The molecule has 2 aliphatic heterocycles. The molecule has 1 saturated heterocycles. The van der Waals surface area contributed by atoms with E-state index in [0.29, 0.717) is 32.6 Å². The molecule has 0 bridgehead atoms. The SMILES string of the molecule is CNc1nc(C2CCN(C(=O)CCCc3ccc(F)cc3)C2)nc2c1CN(C(C)=O)CC2. The molecule has 0 saturated carbocycles. The van der Waals surface area contributed by atoms with Gasteiger partial charge in [-0.15, -0.1) is 0 Å². The lowest BCUT2D eigenvalue weighted by Crippen LogP contribution is -2.35. The molecule has 2 aliphatic rings. The van der Waals surface area contributed by atoms with Crippen molar-refractivity contribution in [1.29, 1.82) is 0 Å². The van der Waals surface area contributed by atoms with Gasteiger partial charge in [0.15, 0.2) is 0 Å². The molecule has 7 nitrogen and oxygen atoms in total. The van der Waals surface area contributed by atoms with Crippen LogP contribution in [0.25, 0.3) is 0 Å². The van der Waals surface area contributed by atoms with Crippen LogP contribution in [0.5, 0.6) is 0 Å². The molecule has 2 amide bonds. The molecule has 32 heavy (non-hydrogen) atoms. The Hall–Kier alpha value is -3.03. The lowest BCUT2D eigenvalue weighted by molar-refractivity contribution is -0.130.